The maximum atomic E-state index is 12.8. The second-order valence-electron chi connectivity index (χ2n) is 5.03. The van der Waals surface area contributed by atoms with E-state index in [0.29, 0.717) is 11.7 Å². The average molecular weight is 274 g/mol. The molecule has 19 heavy (non-hydrogen) atoms. The molecule has 1 fully saturated rings. The topological polar surface area (TPSA) is 41.1 Å². The van der Waals surface area contributed by atoms with Gasteiger partial charge < -0.3 is 10.2 Å². The van der Waals surface area contributed by atoms with Gasteiger partial charge in [-0.2, -0.15) is 18.2 Å². The van der Waals surface area contributed by atoms with Crippen molar-refractivity contribution in [3.63, 3.8) is 0 Å². The zero-order valence-corrected chi connectivity index (χ0v) is 11.1. The summed E-state index contributed by atoms with van der Waals surface area (Å²) in [4.78, 5) is 9.51. The summed E-state index contributed by atoms with van der Waals surface area (Å²) >= 11 is 0. The van der Waals surface area contributed by atoms with Crippen molar-refractivity contribution in [3.05, 3.63) is 11.8 Å². The highest BCUT2D eigenvalue weighted by Crippen LogP contribution is 2.33. The molecule has 0 saturated carbocycles. The number of hydrogen-bond acceptors (Lipinski definition) is 4. The fourth-order valence-corrected chi connectivity index (χ4v) is 2.46. The third kappa shape index (κ3) is 2.90. The van der Waals surface area contributed by atoms with Gasteiger partial charge in [-0.15, -0.1) is 0 Å². The predicted molar refractivity (Wildman–Crippen MR) is 67.2 cm³/mol. The Morgan fingerprint density at radius 1 is 1.32 bits per heavy atom. The Morgan fingerprint density at radius 3 is 2.47 bits per heavy atom. The molecule has 2 atom stereocenters. The van der Waals surface area contributed by atoms with Gasteiger partial charge in [-0.1, -0.05) is 6.92 Å². The molecule has 1 aliphatic heterocycles. The Kier molecular flexibility index (Phi) is 3.56. The van der Waals surface area contributed by atoms with Crippen molar-refractivity contribution in [2.24, 2.45) is 5.92 Å². The molecule has 1 aromatic heterocycles. The Morgan fingerprint density at radius 2 is 2.00 bits per heavy atom. The smallest absolute Gasteiger partial charge is 0.357 e. The van der Waals surface area contributed by atoms with Crippen molar-refractivity contribution < 1.29 is 13.2 Å². The van der Waals surface area contributed by atoms with Gasteiger partial charge >= 0.3 is 6.18 Å². The van der Waals surface area contributed by atoms with Gasteiger partial charge in [-0.25, -0.2) is 4.98 Å². The lowest BCUT2D eigenvalue weighted by Crippen LogP contribution is -2.28. The van der Waals surface area contributed by atoms with E-state index in [4.69, 9.17) is 0 Å². The van der Waals surface area contributed by atoms with Gasteiger partial charge in [-0.05, 0) is 19.3 Å². The number of hydrogen-bond donors (Lipinski definition) is 1. The molecule has 1 aliphatic rings. The van der Waals surface area contributed by atoms with Crippen LogP contribution < -0.4 is 10.2 Å². The minimum Gasteiger partial charge on any atom is -0.357 e. The van der Waals surface area contributed by atoms with Crippen LogP contribution in [-0.2, 0) is 6.18 Å². The van der Waals surface area contributed by atoms with E-state index in [1.54, 1.807) is 0 Å². The highest BCUT2D eigenvalue weighted by molar-refractivity contribution is 5.47. The first kappa shape index (κ1) is 13.9. The number of nitrogens with one attached hydrogen (secondary N) is 1. The van der Waals surface area contributed by atoms with Gasteiger partial charge in [0.25, 0.3) is 0 Å². The van der Waals surface area contributed by atoms with Crippen LogP contribution in [0.15, 0.2) is 6.07 Å². The van der Waals surface area contributed by atoms with Crippen LogP contribution in [0.4, 0.5) is 24.9 Å². The Balaban J connectivity index is 2.40. The third-order valence-corrected chi connectivity index (χ3v) is 3.30. The lowest BCUT2D eigenvalue weighted by Gasteiger charge is -2.23. The first-order valence-electron chi connectivity index (χ1n) is 6.22. The maximum absolute atomic E-state index is 12.8. The largest absolute Gasteiger partial charge is 0.433 e. The molecular formula is C12H17F3N4. The maximum Gasteiger partial charge on any atom is 0.433 e. The van der Waals surface area contributed by atoms with Gasteiger partial charge in [0.1, 0.15) is 5.82 Å². The lowest BCUT2D eigenvalue weighted by molar-refractivity contribution is -0.141. The van der Waals surface area contributed by atoms with E-state index in [1.165, 1.54) is 7.05 Å². The van der Waals surface area contributed by atoms with Crippen molar-refractivity contribution in [1.29, 1.82) is 0 Å². The van der Waals surface area contributed by atoms with Crippen molar-refractivity contribution in [3.8, 4) is 0 Å². The van der Waals surface area contributed by atoms with Crippen LogP contribution in [0, 0.1) is 5.92 Å². The molecule has 106 valence electrons. The molecule has 0 amide bonds. The van der Waals surface area contributed by atoms with Crippen LogP contribution in [0.25, 0.3) is 0 Å². The normalized spacial score (nSPS) is 23.8. The number of alkyl halides is 3. The standard InChI is InChI=1S/C12H17F3N4/c1-7-4-8(2)19(6-7)10-5-9(12(13,14)15)17-11(16-3)18-10/h5,7-8H,4,6H2,1-3H3,(H,16,17,18). The summed E-state index contributed by atoms with van der Waals surface area (Å²) in [6, 6.07) is 1.21. The molecular weight excluding hydrogens is 257 g/mol. The summed E-state index contributed by atoms with van der Waals surface area (Å²) in [7, 11) is 1.51. The zero-order chi connectivity index (χ0) is 14.2. The second-order valence-corrected chi connectivity index (χ2v) is 5.03. The summed E-state index contributed by atoms with van der Waals surface area (Å²) in [6.07, 6.45) is -3.50. The Hall–Kier alpha value is -1.53. The minimum atomic E-state index is -4.46. The van der Waals surface area contributed by atoms with Crippen molar-refractivity contribution in [1.82, 2.24) is 9.97 Å². The van der Waals surface area contributed by atoms with Crippen molar-refractivity contribution >= 4 is 11.8 Å². The molecule has 2 rings (SSSR count). The van der Waals surface area contributed by atoms with Crippen LogP contribution in [-0.4, -0.2) is 29.6 Å². The van der Waals surface area contributed by atoms with E-state index in [1.807, 2.05) is 11.8 Å². The van der Waals surface area contributed by atoms with E-state index in [2.05, 4.69) is 22.2 Å². The first-order valence-corrected chi connectivity index (χ1v) is 6.22. The molecule has 7 heteroatoms. The SMILES string of the molecule is CNc1nc(N2CC(C)CC2C)cc(C(F)(F)F)n1. The quantitative estimate of drug-likeness (QED) is 0.900. The number of nitrogens with zero attached hydrogens (tertiary/aromatic N) is 3. The minimum absolute atomic E-state index is 0.00317. The molecule has 4 nitrogen and oxygen atoms in total. The average Bonchev–Trinajstić information content (AvgIpc) is 2.66. The highest BCUT2D eigenvalue weighted by Gasteiger charge is 2.35. The molecule has 0 spiro atoms. The van der Waals surface area contributed by atoms with Gasteiger partial charge in [0, 0.05) is 25.7 Å². The van der Waals surface area contributed by atoms with Gasteiger partial charge in [0.05, 0.1) is 0 Å². The monoisotopic (exact) mass is 274 g/mol. The summed E-state index contributed by atoms with van der Waals surface area (Å²) < 4.78 is 38.4. The predicted octanol–water partition coefficient (Wildman–Crippen LogP) is 2.77. The van der Waals surface area contributed by atoms with E-state index >= 15 is 0 Å². The van der Waals surface area contributed by atoms with E-state index in [0.717, 1.165) is 19.0 Å². The van der Waals surface area contributed by atoms with Crippen LogP contribution in [0.3, 0.4) is 0 Å². The van der Waals surface area contributed by atoms with Gasteiger partial charge in [-0.3, -0.25) is 0 Å². The highest BCUT2D eigenvalue weighted by atomic mass is 19.4. The molecule has 0 aromatic carbocycles. The summed E-state index contributed by atoms with van der Waals surface area (Å²) in [5.41, 5.74) is -0.909. The number of anilines is 2. The Bertz CT molecular complexity index is 461. The third-order valence-electron chi connectivity index (χ3n) is 3.30. The van der Waals surface area contributed by atoms with E-state index < -0.39 is 11.9 Å². The van der Waals surface area contributed by atoms with Crippen LogP contribution >= 0.6 is 0 Å². The van der Waals surface area contributed by atoms with Gasteiger partial charge in [0.2, 0.25) is 5.95 Å². The molecule has 0 radical (unpaired) electrons. The molecule has 2 unspecified atom stereocenters. The lowest BCUT2D eigenvalue weighted by atomic mass is 10.1. The summed E-state index contributed by atoms with van der Waals surface area (Å²) in [6.45, 7) is 4.80. The van der Waals surface area contributed by atoms with E-state index in [9.17, 15) is 13.2 Å². The Labute approximate surface area is 110 Å². The molecule has 1 N–H and O–H groups in total. The molecule has 0 bridgehead atoms. The molecule has 0 aliphatic carbocycles. The van der Waals surface area contributed by atoms with Gasteiger partial charge in [0.15, 0.2) is 5.69 Å². The summed E-state index contributed by atoms with van der Waals surface area (Å²) in [5, 5.41) is 2.58. The zero-order valence-electron chi connectivity index (χ0n) is 11.1. The van der Waals surface area contributed by atoms with Crippen molar-refractivity contribution in [2.45, 2.75) is 32.5 Å². The summed E-state index contributed by atoms with van der Waals surface area (Å²) in [5.74, 6) is 0.789. The number of aromatic nitrogens is 2. The van der Waals surface area contributed by atoms with Crippen molar-refractivity contribution in [2.75, 3.05) is 23.8 Å². The molecule has 1 aromatic rings. The molecule has 1 saturated heterocycles. The van der Waals surface area contributed by atoms with E-state index in [-0.39, 0.29) is 12.0 Å². The van der Waals surface area contributed by atoms with Crippen LogP contribution in [0.5, 0.6) is 0 Å². The second kappa shape index (κ2) is 4.86. The number of halogens is 3. The van der Waals surface area contributed by atoms with Crippen LogP contribution in [0.2, 0.25) is 0 Å². The fraction of sp³-hybridized carbons (Fsp3) is 0.667. The number of rotatable bonds is 2. The fourth-order valence-electron chi connectivity index (χ4n) is 2.46. The first-order chi connectivity index (χ1) is 8.81. The molecule has 2 heterocycles. The van der Waals surface area contributed by atoms with Crippen LogP contribution in [0.1, 0.15) is 26.0 Å².